The quantitative estimate of drug-likeness (QED) is 0.888. The number of carbonyl (C=O) groups excluding carboxylic acids is 1. The van der Waals surface area contributed by atoms with Gasteiger partial charge in [0.05, 0.1) is 16.6 Å². The molecule has 0 bridgehead atoms. The summed E-state index contributed by atoms with van der Waals surface area (Å²) in [6.45, 7) is 3.46. The average molecular weight is 289 g/mol. The monoisotopic (exact) mass is 289 g/mol. The van der Waals surface area contributed by atoms with Crippen LogP contribution in [0, 0.1) is 13.8 Å². The minimum Gasteiger partial charge on any atom is -0.480 e. The molecule has 1 saturated carbocycles. The fraction of sp³-hybridized carbons (Fsp3) is 0.429. The number of carboxylic acids is 1. The summed E-state index contributed by atoms with van der Waals surface area (Å²) >= 11 is 0. The molecular weight excluding hydrogens is 274 g/mol. The fourth-order valence-corrected chi connectivity index (χ4v) is 2.60. The first-order valence-electron chi connectivity index (χ1n) is 6.72. The van der Waals surface area contributed by atoms with Gasteiger partial charge >= 0.3 is 5.97 Å². The van der Waals surface area contributed by atoms with Crippen LogP contribution in [0.25, 0.3) is 11.1 Å². The number of hydrogen-bond donors (Lipinski definition) is 2. The maximum atomic E-state index is 12.5. The first-order valence-corrected chi connectivity index (χ1v) is 6.72. The summed E-state index contributed by atoms with van der Waals surface area (Å²) in [5.74, 6) is -1.43. The SMILES string of the molecule is Cc1cc(C(=O)NC2(C(=O)O)CCC2)c2c(C)noc2n1. The van der Waals surface area contributed by atoms with Crippen molar-refractivity contribution >= 4 is 23.0 Å². The zero-order valence-corrected chi connectivity index (χ0v) is 11.8. The van der Waals surface area contributed by atoms with Crippen LogP contribution in [0.5, 0.6) is 0 Å². The van der Waals surface area contributed by atoms with Crippen molar-refractivity contribution in [3.63, 3.8) is 0 Å². The molecule has 0 saturated heterocycles. The van der Waals surface area contributed by atoms with Crippen LogP contribution < -0.4 is 5.32 Å². The van der Waals surface area contributed by atoms with E-state index in [2.05, 4.69) is 15.5 Å². The van der Waals surface area contributed by atoms with E-state index < -0.39 is 17.4 Å². The second kappa shape index (κ2) is 4.54. The van der Waals surface area contributed by atoms with Crippen molar-refractivity contribution in [1.29, 1.82) is 0 Å². The number of hydrogen-bond acceptors (Lipinski definition) is 5. The standard InChI is InChI=1S/C14H15N3O4/c1-7-6-9(10-8(2)17-21-12(10)15-7)11(18)16-14(13(19)20)4-3-5-14/h6H,3-5H2,1-2H3,(H,16,18)(H,19,20). The van der Waals surface area contributed by atoms with Crippen LogP contribution >= 0.6 is 0 Å². The van der Waals surface area contributed by atoms with Crippen molar-refractivity contribution in [2.24, 2.45) is 0 Å². The zero-order chi connectivity index (χ0) is 15.2. The van der Waals surface area contributed by atoms with E-state index in [0.29, 0.717) is 35.2 Å². The van der Waals surface area contributed by atoms with Gasteiger partial charge in [-0.1, -0.05) is 5.16 Å². The molecule has 1 aliphatic carbocycles. The highest BCUT2D eigenvalue weighted by Gasteiger charge is 2.46. The van der Waals surface area contributed by atoms with E-state index in [1.54, 1.807) is 19.9 Å². The second-order valence-electron chi connectivity index (χ2n) is 5.45. The molecule has 2 N–H and O–H groups in total. The van der Waals surface area contributed by atoms with Gasteiger partial charge in [-0.25, -0.2) is 9.78 Å². The largest absolute Gasteiger partial charge is 0.480 e. The number of nitrogens with one attached hydrogen (secondary N) is 1. The van der Waals surface area contributed by atoms with Gasteiger partial charge in [0.1, 0.15) is 5.54 Å². The Hall–Kier alpha value is -2.44. The average Bonchev–Trinajstić information content (AvgIpc) is 2.73. The van der Waals surface area contributed by atoms with E-state index in [4.69, 9.17) is 4.52 Å². The van der Waals surface area contributed by atoms with E-state index in [-0.39, 0.29) is 5.71 Å². The van der Waals surface area contributed by atoms with E-state index in [1.165, 1.54) is 0 Å². The summed E-state index contributed by atoms with van der Waals surface area (Å²) in [6, 6.07) is 1.62. The van der Waals surface area contributed by atoms with E-state index in [1.807, 2.05) is 0 Å². The highest BCUT2D eigenvalue weighted by Crippen LogP contribution is 2.33. The number of amides is 1. The van der Waals surface area contributed by atoms with Crippen LogP contribution in [-0.2, 0) is 4.79 Å². The Labute approximate surface area is 120 Å². The first-order chi connectivity index (χ1) is 9.93. The Balaban J connectivity index is 2.02. The maximum Gasteiger partial charge on any atom is 0.329 e. The third-order valence-corrected chi connectivity index (χ3v) is 3.96. The summed E-state index contributed by atoms with van der Waals surface area (Å²) in [5.41, 5.74) is 0.660. The Bertz CT molecular complexity index is 746. The fourth-order valence-electron chi connectivity index (χ4n) is 2.60. The van der Waals surface area contributed by atoms with Gasteiger partial charge in [-0.05, 0) is 39.2 Å². The smallest absolute Gasteiger partial charge is 0.329 e. The van der Waals surface area contributed by atoms with Crippen molar-refractivity contribution in [2.75, 3.05) is 0 Å². The minimum absolute atomic E-state index is 0.288. The number of aromatic nitrogens is 2. The molecule has 0 spiro atoms. The molecule has 0 unspecified atom stereocenters. The predicted octanol–water partition coefficient (Wildman–Crippen LogP) is 1.58. The lowest BCUT2D eigenvalue weighted by Gasteiger charge is -2.38. The van der Waals surface area contributed by atoms with Crippen LogP contribution in [0.1, 0.15) is 41.0 Å². The lowest BCUT2D eigenvalue weighted by Crippen LogP contribution is -2.59. The Morgan fingerprint density at radius 2 is 2.10 bits per heavy atom. The van der Waals surface area contributed by atoms with Crippen molar-refractivity contribution in [1.82, 2.24) is 15.5 Å². The lowest BCUT2D eigenvalue weighted by atomic mass is 9.76. The van der Waals surface area contributed by atoms with Gasteiger partial charge in [0.15, 0.2) is 0 Å². The third kappa shape index (κ3) is 2.05. The number of nitrogens with zero attached hydrogens (tertiary/aromatic N) is 2. The van der Waals surface area contributed by atoms with E-state index >= 15 is 0 Å². The van der Waals surface area contributed by atoms with Gasteiger partial charge in [0, 0.05) is 5.69 Å². The Morgan fingerprint density at radius 3 is 2.67 bits per heavy atom. The van der Waals surface area contributed by atoms with Crippen LogP contribution in [-0.4, -0.2) is 32.7 Å². The molecule has 2 aromatic heterocycles. The van der Waals surface area contributed by atoms with Gasteiger partial charge in [-0.2, -0.15) is 0 Å². The first kappa shape index (κ1) is 13.5. The number of aliphatic carboxylic acids is 1. The molecule has 110 valence electrons. The Morgan fingerprint density at radius 1 is 1.38 bits per heavy atom. The Kier molecular flexibility index (Phi) is 2.93. The van der Waals surface area contributed by atoms with Gasteiger partial charge < -0.3 is 14.9 Å². The maximum absolute atomic E-state index is 12.5. The van der Waals surface area contributed by atoms with Gasteiger partial charge in [-0.15, -0.1) is 0 Å². The molecule has 2 aromatic rings. The number of fused-ring (bicyclic) bond motifs is 1. The minimum atomic E-state index is -1.15. The van der Waals surface area contributed by atoms with Crippen molar-refractivity contribution in [2.45, 2.75) is 38.6 Å². The molecule has 21 heavy (non-hydrogen) atoms. The third-order valence-electron chi connectivity index (χ3n) is 3.96. The van der Waals surface area contributed by atoms with Crippen molar-refractivity contribution < 1.29 is 19.2 Å². The highest BCUT2D eigenvalue weighted by molar-refractivity contribution is 6.07. The van der Waals surface area contributed by atoms with Gasteiger partial charge in [0.25, 0.3) is 11.6 Å². The molecule has 2 heterocycles. The number of aryl methyl sites for hydroxylation is 2. The molecule has 0 aromatic carbocycles. The number of carbonyl (C=O) groups is 2. The van der Waals surface area contributed by atoms with Crippen LogP contribution in [0.15, 0.2) is 10.6 Å². The summed E-state index contributed by atoms with van der Waals surface area (Å²) in [6.07, 6.45) is 1.69. The van der Waals surface area contributed by atoms with Gasteiger partial charge in [-0.3, -0.25) is 4.79 Å². The molecule has 7 heteroatoms. The highest BCUT2D eigenvalue weighted by atomic mass is 16.5. The summed E-state index contributed by atoms with van der Waals surface area (Å²) in [5, 5.41) is 16.3. The topological polar surface area (TPSA) is 105 Å². The normalized spacial score (nSPS) is 16.5. The van der Waals surface area contributed by atoms with Crippen LogP contribution in [0.3, 0.4) is 0 Å². The van der Waals surface area contributed by atoms with E-state index in [9.17, 15) is 14.7 Å². The molecule has 1 amide bonds. The number of rotatable bonds is 3. The molecule has 0 aliphatic heterocycles. The number of carboxylic acid groups (broad SMARTS) is 1. The molecular formula is C14H15N3O4. The lowest BCUT2D eigenvalue weighted by molar-refractivity contribution is -0.148. The molecule has 7 nitrogen and oxygen atoms in total. The second-order valence-corrected chi connectivity index (χ2v) is 5.45. The molecule has 3 rings (SSSR count). The zero-order valence-electron chi connectivity index (χ0n) is 11.8. The van der Waals surface area contributed by atoms with Crippen molar-refractivity contribution in [3.8, 4) is 0 Å². The van der Waals surface area contributed by atoms with Crippen LogP contribution in [0.4, 0.5) is 0 Å². The van der Waals surface area contributed by atoms with Crippen LogP contribution in [0.2, 0.25) is 0 Å². The summed E-state index contributed by atoms with van der Waals surface area (Å²) in [7, 11) is 0. The van der Waals surface area contributed by atoms with E-state index in [0.717, 1.165) is 6.42 Å². The molecule has 1 fully saturated rings. The summed E-state index contributed by atoms with van der Waals surface area (Å²) < 4.78 is 5.08. The van der Waals surface area contributed by atoms with Crippen molar-refractivity contribution in [3.05, 3.63) is 23.0 Å². The number of pyridine rings is 1. The summed E-state index contributed by atoms with van der Waals surface area (Å²) in [4.78, 5) is 28.0. The molecule has 0 radical (unpaired) electrons. The molecule has 1 aliphatic rings. The van der Waals surface area contributed by atoms with Gasteiger partial charge in [0.2, 0.25) is 0 Å². The predicted molar refractivity (Wildman–Crippen MR) is 73.0 cm³/mol. The molecule has 0 atom stereocenters.